The van der Waals surface area contributed by atoms with Gasteiger partial charge in [-0.3, -0.25) is 4.79 Å². The van der Waals surface area contributed by atoms with Crippen LogP contribution in [0, 0.1) is 23.2 Å². The molecule has 25 heavy (non-hydrogen) atoms. The van der Waals surface area contributed by atoms with Crippen molar-refractivity contribution >= 4 is 32.0 Å². The van der Waals surface area contributed by atoms with Crippen LogP contribution in [0.3, 0.4) is 0 Å². The second-order valence-corrected chi connectivity index (χ2v) is 11.3. The predicted molar refractivity (Wildman–Crippen MR) is 111 cm³/mol. The van der Waals surface area contributed by atoms with E-state index in [1.54, 1.807) is 0 Å². The number of carbonyl (C=O) groups is 1. The number of carbonyl (C=O) groups excluding carboxylic acids is 1. The van der Waals surface area contributed by atoms with Gasteiger partial charge in [0.15, 0.2) is 9.04 Å². The average molecular weight is 378 g/mol. The summed E-state index contributed by atoms with van der Waals surface area (Å²) in [6, 6.07) is 10.2. The van der Waals surface area contributed by atoms with Gasteiger partial charge in [-0.25, -0.2) is 0 Å². The Morgan fingerprint density at radius 3 is 2.36 bits per heavy atom. The Labute approximate surface area is 159 Å². The van der Waals surface area contributed by atoms with Gasteiger partial charge in [0.1, 0.15) is 0 Å². The molecule has 1 amide bonds. The summed E-state index contributed by atoms with van der Waals surface area (Å²) in [5, 5.41) is 3.11. The maximum Gasteiger partial charge on any atom is 0.225 e. The van der Waals surface area contributed by atoms with Gasteiger partial charge in [-0.05, 0) is 30.0 Å². The van der Waals surface area contributed by atoms with Gasteiger partial charge >= 0.3 is 0 Å². The van der Waals surface area contributed by atoms with Crippen LogP contribution in [0.2, 0.25) is 13.1 Å². The quantitative estimate of drug-likeness (QED) is 0.340. The topological polar surface area (TPSA) is 38.3 Å². The van der Waals surface area contributed by atoms with Crippen LogP contribution in [-0.4, -0.2) is 32.5 Å². The molecule has 1 aromatic carbocycles. The van der Waals surface area contributed by atoms with Crippen LogP contribution >= 0.6 is 12.2 Å². The molecule has 1 heterocycles. The number of hydrogen-bond acceptors (Lipinski definition) is 3. The molecule has 0 radical (unpaired) electrons. The molecule has 1 unspecified atom stereocenters. The van der Waals surface area contributed by atoms with Crippen LogP contribution in [0.5, 0.6) is 0 Å². The first-order chi connectivity index (χ1) is 11.6. The van der Waals surface area contributed by atoms with E-state index in [-0.39, 0.29) is 35.1 Å². The average Bonchev–Trinajstić information content (AvgIpc) is 2.54. The fourth-order valence-electron chi connectivity index (χ4n) is 3.50. The van der Waals surface area contributed by atoms with Crippen LogP contribution in [-0.2, 0) is 9.22 Å². The van der Waals surface area contributed by atoms with E-state index in [1.807, 2.05) is 30.3 Å². The number of nitrogens with one attached hydrogen (secondary N) is 1. The van der Waals surface area contributed by atoms with E-state index >= 15 is 0 Å². The number of benzene rings is 1. The van der Waals surface area contributed by atoms with Crippen LogP contribution < -0.4 is 5.32 Å². The van der Waals surface area contributed by atoms with Crippen molar-refractivity contribution in [1.82, 2.24) is 5.32 Å². The summed E-state index contributed by atoms with van der Waals surface area (Å²) in [6.07, 6.45) is 0. The third-order valence-corrected chi connectivity index (χ3v) is 6.63. The molecule has 1 aromatic rings. The second kappa shape index (κ2) is 8.10. The highest BCUT2D eigenvalue weighted by molar-refractivity contribution is 7.80. The molecule has 1 fully saturated rings. The molecule has 0 aliphatic carbocycles. The number of β-lactam (4-membered cyclic amide) rings is 1. The second-order valence-electron chi connectivity index (χ2n) is 8.43. The predicted octanol–water partition coefficient (Wildman–Crippen LogP) is 3.82. The van der Waals surface area contributed by atoms with Gasteiger partial charge in [0, 0.05) is 23.4 Å². The third-order valence-electron chi connectivity index (χ3n) is 5.16. The SMILES string of the molecule is CC(C(=S)c1ccccc1)[C@H]1NC(=O)[C@H]1[C@@H](CO[SiH](C)C)C(C)(C)C. The van der Waals surface area contributed by atoms with Crippen molar-refractivity contribution in [2.75, 3.05) is 6.61 Å². The van der Waals surface area contributed by atoms with Crippen LogP contribution in [0.4, 0.5) is 0 Å². The van der Waals surface area contributed by atoms with Crippen LogP contribution in [0.1, 0.15) is 33.3 Å². The molecule has 0 saturated carbocycles. The summed E-state index contributed by atoms with van der Waals surface area (Å²) in [5.41, 5.74) is 1.08. The Balaban J connectivity index is 2.18. The molecule has 3 nitrogen and oxygen atoms in total. The van der Waals surface area contributed by atoms with Gasteiger partial charge in [0.05, 0.1) is 5.92 Å². The van der Waals surface area contributed by atoms with Crippen LogP contribution in [0.25, 0.3) is 0 Å². The molecule has 1 saturated heterocycles. The summed E-state index contributed by atoms with van der Waals surface area (Å²) in [6.45, 7) is 13.7. The first kappa shape index (κ1) is 20.3. The largest absolute Gasteiger partial charge is 0.420 e. The lowest BCUT2D eigenvalue weighted by Gasteiger charge is -2.48. The third kappa shape index (κ3) is 4.77. The van der Waals surface area contributed by atoms with E-state index in [4.69, 9.17) is 16.6 Å². The van der Waals surface area contributed by atoms with Crippen molar-refractivity contribution in [2.24, 2.45) is 23.2 Å². The fraction of sp³-hybridized carbons (Fsp3) is 0.600. The number of rotatable bonds is 7. The minimum absolute atomic E-state index is 0.0120. The van der Waals surface area contributed by atoms with E-state index in [0.29, 0.717) is 6.61 Å². The van der Waals surface area contributed by atoms with Crippen molar-refractivity contribution in [3.8, 4) is 0 Å². The number of thiocarbonyl (C=S) groups is 1. The molecule has 5 heteroatoms. The van der Waals surface area contributed by atoms with Gasteiger partial charge in [-0.15, -0.1) is 0 Å². The van der Waals surface area contributed by atoms with E-state index in [1.165, 1.54) is 0 Å². The summed E-state index contributed by atoms with van der Waals surface area (Å²) >= 11 is 5.72. The monoisotopic (exact) mass is 377 g/mol. The molecule has 0 aromatic heterocycles. The van der Waals surface area contributed by atoms with Crippen molar-refractivity contribution < 1.29 is 9.22 Å². The fourth-order valence-corrected chi connectivity index (χ4v) is 4.38. The van der Waals surface area contributed by atoms with Gasteiger partial charge in [-0.1, -0.05) is 70.2 Å². The Morgan fingerprint density at radius 1 is 1.28 bits per heavy atom. The Hall–Kier alpha value is -1.04. The molecular formula is C20H31NO2SSi. The number of hydrogen-bond donors (Lipinski definition) is 1. The molecule has 0 spiro atoms. The minimum Gasteiger partial charge on any atom is -0.420 e. The molecule has 1 aliphatic heterocycles. The Bertz CT molecular complexity index is 612. The highest BCUT2D eigenvalue weighted by Crippen LogP contribution is 2.40. The van der Waals surface area contributed by atoms with Crippen LogP contribution in [0.15, 0.2) is 30.3 Å². The summed E-state index contributed by atoms with van der Waals surface area (Å²) in [5.74, 6) is 0.425. The van der Waals surface area contributed by atoms with E-state index in [0.717, 1.165) is 10.4 Å². The first-order valence-electron chi connectivity index (χ1n) is 9.14. The highest BCUT2D eigenvalue weighted by atomic mass is 32.1. The minimum atomic E-state index is -1.12. The Kier molecular flexibility index (Phi) is 6.57. The Morgan fingerprint density at radius 2 is 1.88 bits per heavy atom. The lowest BCUT2D eigenvalue weighted by atomic mass is 9.64. The van der Waals surface area contributed by atoms with Crippen molar-refractivity contribution in [3.63, 3.8) is 0 Å². The molecule has 2 rings (SSSR count). The summed E-state index contributed by atoms with van der Waals surface area (Å²) in [7, 11) is -1.12. The first-order valence-corrected chi connectivity index (χ1v) is 12.3. The number of amides is 1. The lowest BCUT2D eigenvalue weighted by Crippen LogP contribution is -2.66. The van der Waals surface area contributed by atoms with E-state index < -0.39 is 9.04 Å². The molecule has 4 atom stereocenters. The standard InChI is InChI=1S/C20H31NO2SSi/c1-13(18(24)14-10-8-7-9-11-14)17-16(19(22)21-17)15(20(2,3)4)12-23-25(5)6/h7-11,13,15-17,25H,12H2,1-6H3,(H,21,22)/t13?,15-,16+,17-/m1/s1. The zero-order valence-corrected chi connectivity index (χ0v) is 18.2. The highest BCUT2D eigenvalue weighted by Gasteiger charge is 2.50. The van der Waals surface area contributed by atoms with Crippen molar-refractivity contribution in [3.05, 3.63) is 35.9 Å². The van der Waals surface area contributed by atoms with Gasteiger partial charge in [-0.2, -0.15) is 0 Å². The van der Waals surface area contributed by atoms with E-state index in [2.05, 4.69) is 46.1 Å². The molecule has 1 aliphatic rings. The van der Waals surface area contributed by atoms with Gasteiger partial charge < -0.3 is 9.74 Å². The smallest absolute Gasteiger partial charge is 0.225 e. The molecule has 0 bridgehead atoms. The van der Waals surface area contributed by atoms with E-state index in [9.17, 15) is 4.79 Å². The summed E-state index contributed by atoms with van der Waals surface area (Å²) < 4.78 is 6.03. The van der Waals surface area contributed by atoms with Gasteiger partial charge in [0.2, 0.25) is 5.91 Å². The maximum absolute atomic E-state index is 12.4. The molecule has 1 N–H and O–H groups in total. The molecular weight excluding hydrogens is 346 g/mol. The van der Waals surface area contributed by atoms with Crippen molar-refractivity contribution in [1.29, 1.82) is 0 Å². The van der Waals surface area contributed by atoms with Gasteiger partial charge in [0.25, 0.3) is 0 Å². The lowest BCUT2D eigenvalue weighted by molar-refractivity contribution is -0.143. The van der Waals surface area contributed by atoms with Crippen molar-refractivity contribution in [2.45, 2.75) is 46.8 Å². The normalized spacial score (nSPS) is 22.9. The zero-order valence-electron chi connectivity index (χ0n) is 16.2. The summed E-state index contributed by atoms with van der Waals surface area (Å²) in [4.78, 5) is 13.4. The molecule has 138 valence electrons. The zero-order chi connectivity index (χ0) is 18.8. The maximum atomic E-state index is 12.4.